The van der Waals surface area contributed by atoms with Crippen molar-refractivity contribution in [3.8, 4) is 0 Å². The quantitative estimate of drug-likeness (QED) is 0.833. The molecular weight excluding hydrogens is 229 g/mol. The summed E-state index contributed by atoms with van der Waals surface area (Å²) in [5.74, 6) is 0. The van der Waals surface area contributed by atoms with Crippen LogP contribution in [0.5, 0.6) is 0 Å². The third kappa shape index (κ3) is 3.85. The van der Waals surface area contributed by atoms with E-state index in [-0.39, 0.29) is 18.4 Å². The van der Waals surface area contributed by atoms with Gasteiger partial charge < -0.3 is 5.73 Å². The van der Waals surface area contributed by atoms with Crippen molar-refractivity contribution in [1.29, 1.82) is 0 Å². The fraction of sp³-hybridized carbons (Fsp3) is 1.00. The zero-order valence-corrected chi connectivity index (χ0v) is 10.7. The van der Waals surface area contributed by atoms with Crippen molar-refractivity contribution in [2.45, 2.75) is 51.7 Å². The summed E-state index contributed by atoms with van der Waals surface area (Å²) in [6.45, 7) is 5.43. The average molecular weight is 252 g/mol. The Kier molecular flexibility index (Phi) is 4.84. The van der Waals surface area contributed by atoms with Crippen LogP contribution in [0.4, 0.5) is 13.2 Å². The molecule has 1 fully saturated rings. The Bertz CT molecular complexity index is 232. The highest BCUT2D eigenvalue weighted by atomic mass is 19.4. The van der Waals surface area contributed by atoms with Gasteiger partial charge in [0.2, 0.25) is 0 Å². The normalized spacial score (nSPS) is 23.6. The Morgan fingerprint density at radius 1 is 1.29 bits per heavy atom. The largest absolute Gasteiger partial charge is 0.404 e. The fourth-order valence-electron chi connectivity index (χ4n) is 2.44. The molecule has 2 N–H and O–H groups in total. The summed E-state index contributed by atoms with van der Waals surface area (Å²) in [5.41, 5.74) is 5.50. The summed E-state index contributed by atoms with van der Waals surface area (Å²) in [7, 11) is 0. The van der Waals surface area contributed by atoms with Crippen LogP contribution in [-0.4, -0.2) is 36.8 Å². The van der Waals surface area contributed by atoms with E-state index in [4.69, 9.17) is 5.73 Å². The molecule has 1 aliphatic rings. The molecule has 1 aliphatic heterocycles. The number of likely N-dealkylation sites (tertiary alicyclic amines) is 1. The predicted molar refractivity (Wildman–Crippen MR) is 62.7 cm³/mol. The summed E-state index contributed by atoms with van der Waals surface area (Å²) in [4.78, 5) is 1.56. The maximum absolute atomic E-state index is 12.9. The molecule has 5 heteroatoms. The van der Waals surface area contributed by atoms with Crippen LogP contribution in [0.2, 0.25) is 0 Å². The van der Waals surface area contributed by atoms with Gasteiger partial charge in [-0.15, -0.1) is 0 Å². The molecule has 1 saturated heterocycles. The first-order valence-electron chi connectivity index (χ1n) is 6.33. The van der Waals surface area contributed by atoms with Gasteiger partial charge in [0, 0.05) is 0 Å². The molecule has 1 unspecified atom stereocenters. The van der Waals surface area contributed by atoms with Crippen molar-refractivity contribution >= 4 is 0 Å². The minimum atomic E-state index is -4.15. The maximum Gasteiger partial charge on any atom is 0.404 e. The molecule has 0 spiro atoms. The topological polar surface area (TPSA) is 29.3 Å². The van der Waals surface area contributed by atoms with Gasteiger partial charge in [0.1, 0.15) is 6.04 Å². The van der Waals surface area contributed by atoms with Crippen molar-refractivity contribution < 1.29 is 13.2 Å². The minimum Gasteiger partial charge on any atom is -0.330 e. The van der Waals surface area contributed by atoms with Crippen LogP contribution in [0.3, 0.4) is 0 Å². The number of piperidine rings is 1. The van der Waals surface area contributed by atoms with Gasteiger partial charge in [-0.1, -0.05) is 20.3 Å². The molecule has 1 atom stereocenters. The number of nitrogens with two attached hydrogens (primary N) is 1. The second kappa shape index (κ2) is 5.57. The van der Waals surface area contributed by atoms with Crippen LogP contribution in [0.25, 0.3) is 0 Å². The Morgan fingerprint density at radius 3 is 2.18 bits per heavy atom. The van der Waals surface area contributed by atoms with Gasteiger partial charge in [0.25, 0.3) is 0 Å². The number of halogens is 3. The van der Waals surface area contributed by atoms with Gasteiger partial charge in [-0.25, -0.2) is 0 Å². The van der Waals surface area contributed by atoms with Crippen LogP contribution < -0.4 is 5.73 Å². The third-order valence-electron chi connectivity index (χ3n) is 4.12. The molecule has 102 valence electrons. The monoisotopic (exact) mass is 252 g/mol. The van der Waals surface area contributed by atoms with Crippen molar-refractivity contribution in [3.05, 3.63) is 0 Å². The van der Waals surface area contributed by atoms with Crippen molar-refractivity contribution in [3.63, 3.8) is 0 Å². The molecule has 1 rings (SSSR count). The molecule has 0 aromatic heterocycles. The zero-order chi connectivity index (χ0) is 13.1. The molecule has 0 bridgehead atoms. The van der Waals surface area contributed by atoms with Crippen LogP contribution in [0, 0.1) is 5.41 Å². The predicted octanol–water partition coefficient (Wildman–Crippen LogP) is 2.78. The van der Waals surface area contributed by atoms with E-state index < -0.39 is 12.2 Å². The fourth-order valence-corrected chi connectivity index (χ4v) is 2.44. The van der Waals surface area contributed by atoms with E-state index in [1.54, 1.807) is 4.90 Å². The second-order valence-corrected chi connectivity index (χ2v) is 5.33. The SMILES string of the molecule is CCC1(C)CCN(C(CCN)C(F)(F)F)CC1. The van der Waals surface area contributed by atoms with Crippen LogP contribution in [0.1, 0.15) is 39.5 Å². The zero-order valence-electron chi connectivity index (χ0n) is 10.7. The number of hydrogen-bond donors (Lipinski definition) is 1. The van der Waals surface area contributed by atoms with E-state index in [0.29, 0.717) is 13.1 Å². The summed E-state index contributed by atoms with van der Waals surface area (Å²) in [5, 5.41) is 0. The average Bonchev–Trinajstić information content (AvgIpc) is 2.26. The molecule has 0 aromatic carbocycles. The van der Waals surface area contributed by atoms with Gasteiger partial charge in [0.15, 0.2) is 0 Å². The Labute approximate surface area is 101 Å². The van der Waals surface area contributed by atoms with Gasteiger partial charge in [0.05, 0.1) is 0 Å². The summed E-state index contributed by atoms with van der Waals surface area (Å²) in [6.07, 6.45) is -1.42. The molecule has 0 aromatic rings. The lowest BCUT2D eigenvalue weighted by molar-refractivity contribution is -0.190. The maximum atomic E-state index is 12.9. The summed E-state index contributed by atoms with van der Waals surface area (Å²) < 4.78 is 38.6. The minimum absolute atomic E-state index is 0.00629. The van der Waals surface area contributed by atoms with E-state index >= 15 is 0 Å². The first-order chi connectivity index (χ1) is 7.82. The van der Waals surface area contributed by atoms with Crippen molar-refractivity contribution in [1.82, 2.24) is 4.90 Å². The number of hydrogen-bond acceptors (Lipinski definition) is 2. The highest BCUT2D eigenvalue weighted by Gasteiger charge is 2.44. The molecule has 0 radical (unpaired) electrons. The first kappa shape index (κ1) is 14.8. The number of alkyl halides is 3. The molecule has 0 amide bonds. The molecule has 1 heterocycles. The molecule has 17 heavy (non-hydrogen) atoms. The van der Waals surface area contributed by atoms with E-state index in [9.17, 15) is 13.2 Å². The summed E-state index contributed by atoms with van der Waals surface area (Å²) >= 11 is 0. The lowest BCUT2D eigenvalue weighted by Crippen LogP contribution is -2.51. The molecular formula is C12H23F3N2. The van der Waals surface area contributed by atoms with E-state index in [1.807, 2.05) is 0 Å². The molecule has 0 saturated carbocycles. The third-order valence-corrected chi connectivity index (χ3v) is 4.12. The van der Waals surface area contributed by atoms with Crippen LogP contribution in [0.15, 0.2) is 0 Å². The molecule has 2 nitrogen and oxygen atoms in total. The van der Waals surface area contributed by atoms with Crippen molar-refractivity contribution in [2.24, 2.45) is 11.1 Å². The van der Waals surface area contributed by atoms with Gasteiger partial charge in [-0.05, 0) is 44.3 Å². The van der Waals surface area contributed by atoms with Gasteiger partial charge >= 0.3 is 6.18 Å². The van der Waals surface area contributed by atoms with E-state index in [1.165, 1.54) is 0 Å². The van der Waals surface area contributed by atoms with Gasteiger partial charge in [-0.2, -0.15) is 13.2 Å². The first-order valence-corrected chi connectivity index (χ1v) is 6.33. The highest BCUT2D eigenvalue weighted by Crippen LogP contribution is 2.37. The smallest absolute Gasteiger partial charge is 0.330 e. The number of rotatable bonds is 4. The number of nitrogens with zero attached hydrogens (tertiary/aromatic N) is 1. The van der Waals surface area contributed by atoms with E-state index in [0.717, 1.165) is 19.3 Å². The van der Waals surface area contributed by atoms with E-state index in [2.05, 4.69) is 13.8 Å². The Balaban J connectivity index is 2.61. The highest BCUT2D eigenvalue weighted by molar-refractivity contribution is 4.87. The van der Waals surface area contributed by atoms with Crippen molar-refractivity contribution in [2.75, 3.05) is 19.6 Å². The van der Waals surface area contributed by atoms with Gasteiger partial charge in [-0.3, -0.25) is 4.90 Å². The standard InChI is InChI=1S/C12H23F3N2/c1-3-11(2)5-8-17(9-6-11)10(4-7-16)12(13,14)15/h10H,3-9,16H2,1-2H3. The molecule has 0 aliphatic carbocycles. The Hall–Kier alpha value is -0.290. The lowest BCUT2D eigenvalue weighted by atomic mass is 9.78. The summed E-state index contributed by atoms with van der Waals surface area (Å²) in [6, 6.07) is -1.35. The Morgan fingerprint density at radius 2 is 1.82 bits per heavy atom. The second-order valence-electron chi connectivity index (χ2n) is 5.33. The lowest BCUT2D eigenvalue weighted by Gasteiger charge is -2.42. The van der Waals surface area contributed by atoms with Crippen LogP contribution >= 0.6 is 0 Å². The van der Waals surface area contributed by atoms with Crippen LogP contribution in [-0.2, 0) is 0 Å².